The van der Waals surface area contributed by atoms with E-state index in [0.29, 0.717) is 29.0 Å². The third-order valence-corrected chi connectivity index (χ3v) is 3.30. The third kappa shape index (κ3) is 3.38. The molecule has 19 heavy (non-hydrogen) atoms. The first-order valence-electron chi connectivity index (χ1n) is 5.57. The lowest BCUT2D eigenvalue weighted by atomic mass is 10.3. The normalized spacial score (nSPS) is 10.3. The molecule has 0 saturated heterocycles. The van der Waals surface area contributed by atoms with Gasteiger partial charge in [0.2, 0.25) is 5.88 Å². The fourth-order valence-corrected chi connectivity index (χ4v) is 2.35. The van der Waals surface area contributed by atoms with E-state index in [2.05, 4.69) is 37.9 Å². The Bertz CT molecular complexity index is 594. The first-order valence-corrected chi connectivity index (χ1v) is 7.02. The van der Waals surface area contributed by atoms with Gasteiger partial charge in [0.1, 0.15) is 12.0 Å². The van der Waals surface area contributed by atoms with Crippen molar-refractivity contribution >= 4 is 51.4 Å². The predicted octanol–water partition coefficient (Wildman–Crippen LogP) is 3.46. The molecule has 0 saturated carbocycles. The van der Waals surface area contributed by atoms with Crippen LogP contribution in [0, 0.1) is 3.57 Å². The van der Waals surface area contributed by atoms with Gasteiger partial charge < -0.3 is 15.8 Å². The van der Waals surface area contributed by atoms with E-state index in [4.69, 9.17) is 22.1 Å². The molecule has 1 aromatic heterocycles. The van der Waals surface area contributed by atoms with Gasteiger partial charge in [-0.05, 0) is 47.7 Å². The van der Waals surface area contributed by atoms with Crippen molar-refractivity contribution < 1.29 is 4.74 Å². The van der Waals surface area contributed by atoms with Gasteiger partial charge in [-0.2, -0.15) is 4.98 Å². The second-order valence-electron chi connectivity index (χ2n) is 3.62. The van der Waals surface area contributed by atoms with Crippen LogP contribution < -0.4 is 15.8 Å². The van der Waals surface area contributed by atoms with Crippen LogP contribution in [-0.2, 0) is 0 Å². The number of rotatable bonds is 4. The fourth-order valence-electron chi connectivity index (χ4n) is 1.45. The average Bonchev–Trinajstić information content (AvgIpc) is 2.37. The van der Waals surface area contributed by atoms with E-state index >= 15 is 0 Å². The lowest BCUT2D eigenvalue weighted by Crippen LogP contribution is -2.05. The summed E-state index contributed by atoms with van der Waals surface area (Å²) in [5.74, 6) is 0.836. The Hall–Kier alpha value is -1.28. The van der Waals surface area contributed by atoms with E-state index in [1.807, 2.05) is 25.1 Å². The Morgan fingerprint density at radius 1 is 1.42 bits per heavy atom. The van der Waals surface area contributed by atoms with E-state index in [-0.39, 0.29) is 0 Å². The van der Waals surface area contributed by atoms with Crippen LogP contribution >= 0.6 is 34.2 Å². The number of nitrogens with one attached hydrogen (secondary N) is 1. The number of anilines is 3. The van der Waals surface area contributed by atoms with E-state index in [9.17, 15) is 0 Å². The maximum atomic E-state index is 6.15. The van der Waals surface area contributed by atoms with E-state index < -0.39 is 0 Å². The molecule has 0 aliphatic heterocycles. The molecule has 100 valence electrons. The molecule has 0 fully saturated rings. The van der Waals surface area contributed by atoms with Gasteiger partial charge in [0.15, 0.2) is 5.82 Å². The number of benzene rings is 1. The highest BCUT2D eigenvalue weighted by Crippen LogP contribution is 2.31. The molecule has 0 unspecified atom stereocenters. The second kappa shape index (κ2) is 6.25. The zero-order valence-electron chi connectivity index (χ0n) is 10.2. The minimum atomic E-state index is 0.360. The van der Waals surface area contributed by atoms with Crippen molar-refractivity contribution in [1.29, 1.82) is 0 Å². The van der Waals surface area contributed by atoms with Crippen molar-refractivity contribution in [2.75, 3.05) is 17.7 Å². The number of hydrogen-bond acceptors (Lipinski definition) is 5. The highest BCUT2D eigenvalue weighted by Gasteiger charge is 2.10. The standard InChI is InChI=1S/C12H12ClIN4O/c1-2-19-12-10(15)11(16-6-17-12)18-9-4-3-7(14)5-8(9)13/h3-6H,2,15H2,1H3,(H,16,17,18). The van der Waals surface area contributed by atoms with Crippen LogP contribution in [0.25, 0.3) is 0 Å². The largest absolute Gasteiger partial charge is 0.476 e. The first kappa shape index (κ1) is 14.1. The molecule has 7 heteroatoms. The number of nitrogen functional groups attached to an aromatic ring is 1. The summed E-state index contributed by atoms with van der Waals surface area (Å²) < 4.78 is 6.37. The highest BCUT2D eigenvalue weighted by molar-refractivity contribution is 14.1. The molecular weight excluding hydrogens is 379 g/mol. The summed E-state index contributed by atoms with van der Waals surface area (Å²) in [6, 6.07) is 5.66. The summed E-state index contributed by atoms with van der Waals surface area (Å²) in [5.41, 5.74) is 7.03. The zero-order chi connectivity index (χ0) is 13.8. The van der Waals surface area contributed by atoms with E-state index in [0.717, 1.165) is 9.26 Å². The van der Waals surface area contributed by atoms with Crippen molar-refractivity contribution in [1.82, 2.24) is 9.97 Å². The van der Waals surface area contributed by atoms with Gasteiger partial charge in [-0.15, -0.1) is 0 Å². The number of halogens is 2. The molecule has 0 aliphatic carbocycles. The van der Waals surface area contributed by atoms with Crippen LogP contribution in [0.5, 0.6) is 5.88 Å². The van der Waals surface area contributed by atoms with Crippen molar-refractivity contribution in [3.05, 3.63) is 33.1 Å². The molecule has 5 nitrogen and oxygen atoms in total. The molecule has 0 radical (unpaired) electrons. The summed E-state index contributed by atoms with van der Waals surface area (Å²) in [7, 11) is 0. The molecule has 0 spiro atoms. The van der Waals surface area contributed by atoms with Crippen LogP contribution in [0.2, 0.25) is 5.02 Å². The van der Waals surface area contributed by atoms with Gasteiger partial charge >= 0.3 is 0 Å². The Balaban J connectivity index is 2.30. The minimum Gasteiger partial charge on any atom is -0.476 e. The van der Waals surface area contributed by atoms with Crippen LogP contribution in [-0.4, -0.2) is 16.6 Å². The summed E-state index contributed by atoms with van der Waals surface area (Å²) in [4.78, 5) is 8.07. The monoisotopic (exact) mass is 390 g/mol. The van der Waals surface area contributed by atoms with Gasteiger partial charge in [0, 0.05) is 3.57 Å². The number of hydrogen-bond donors (Lipinski definition) is 2. The van der Waals surface area contributed by atoms with Gasteiger partial charge in [-0.1, -0.05) is 11.6 Å². The number of nitrogens with zero attached hydrogens (tertiary/aromatic N) is 2. The van der Waals surface area contributed by atoms with Crippen molar-refractivity contribution in [3.63, 3.8) is 0 Å². The molecule has 0 amide bonds. The molecule has 2 aromatic rings. The predicted molar refractivity (Wildman–Crippen MR) is 85.1 cm³/mol. The van der Waals surface area contributed by atoms with Crippen LogP contribution in [0.3, 0.4) is 0 Å². The summed E-state index contributed by atoms with van der Waals surface area (Å²) in [6.45, 7) is 2.36. The third-order valence-electron chi connectivity index (χ3n) is 2.31. The van der Waals surface area contributed by atoms with Crippen LogP contribution in [0.4, 0.5) is 17.2 Å². The smallest absolute Gasteiger partial charge is 0.242 e. The lowest BCUT2D eigenvalue weighted by Gasteiger charge is -2.12. The average molecular weight is 391 g/mol. The Morgan fingerprint density at radius 2 is 2.21 bits per heavy atom. The van der Waals surface area contributed by atoms with Crippen LogP contribution in [0.1, 0.15) is 6.92 Å². The minimum absolute atomic E-state index is 0.360. The highest BCUT2D eigenvalue weighted by atomic mass is 127. The summed E-state index contributed by atoms with van der Waals surface area (Å²) in [6.07, 6.45) is 1.39. The molecule has 0 aliphatic rings. The number of aromatic nitrogens is 2. The quantitative estimate of drug-likeness (QED) is 0.782. The van der Waals surface area contributed by atoms with Crippen molar-refractivity contribution in [2.45, 2.75) is 6.92 Å². The molecule has 0 atom stereocenters. The number of nitrogens with two attached hydrogens (primary N) is 1. The summed E-state index contributed by atoms with van der Waals surface area (Å²) in [5, 5.41) is 3.67. The Morgan fingerprint density at radius 3 is 2.89 bits per heavy atom. The topological polar surface area (TPSA) is 73.1 Å². The van der Waals surface area contributed by atoms with Gasteiger partial charge in [-0.3, -0.25) is 0 Å². The Labute approximate surface area is 129 Å². The van der Waals surface area contributed by atoms with E-state index in [1.54, 1.807) is 0 Å². The van der Waals surface area contributed by atoms with Gasteiger partial charge in [0.05, 0.1) is 17.3 Å². The lowest BCUT2D eigenvalue weighted by molar-refractivity contribution is 0.328. The zero-order valence-corrected chi connectivity index (χ0v) is 13.1. The molecule has 3 N–H and O–H groups in total. The fraction of sp³-hybridized carbons (Fsp3) is 0.167. The molecule has 2 rings (SSSR count). The molecule has 1 heterocycles. The van der Waals surface area contributed by atoms with Crippen molar-refractivity contribution in [3.8, 4) is 5.88 Å². The first-order chi connectivity index (χ1) is 9.11. The number of ether oxygens (including phenoxy) is 1. The SMILES string of the molecule is CCOc1ncnc(Nc2ccc(I)cc2Cl)c1N. The van der Waals surface area contributed by atoms with Gasteiger partial charge in [0.25, 0.3) is 0 Å². The molecule has 1 aromatic carbocycles. The molecular formula is C12H12ClIN4O. The Kier molecular flexibility index (Phi) is 4.65. The van der Waals surface area contributed by atoms with Crippen LogP contribution in [0.15, 0.2) is 24.5 Å². The second-order valence-corrected chi connectivity index (χ2v) is 5.28. The maximum absolute atomic E-state index is 6.15. The van der Waals surface area contributed by atoms with Gasteiger partial charge in [-0.25, -0.2) is 4.98 Å². The maximum Gasteiger partial charge on any atom is 0.242 e. The van der Waals surface area contributed by atoms with E-state index in [1.165, 1.54) is 6.33 Å². The molecule has 0 bridgehead atoms. The summed E-state index contributed by atoms with van der Waals surface area (Å²) >= 11 is 8.34. The van der Waals surface area contributed by atoms with Crippen molar-refractivity contribution in [2.24, 2.45) is 0 Å².